The Morgan fingerprint density at radius 1 is 1.26 bits per heavy atom. The highest BCUT2D eigenvalue weighted by molar-refractivity contribution is 5.44. The van der Waals surface area contributed by atoms with Crippen molar-refractivity contribution >= 4 is 0 Å². The first-order valence-corrected chi connectivity index (χ1v) is 6.74. The summed E-state index contributed by atoms with van der Waals surface area (Å²) in [5, 5.41) is 13.8. The molecule has 0 bridgehead atoms. The van der Waals surface area contributed by atoms with Crippen molar-refractivity contribution in [1.82, 2.24) is 9.78 Å². The average Bonchev–Trinajstić information content (AvgIpc) is 2.82. The summed E-state index contributed by atoms with van der Waals surface area (Å²) in [7, 11) is 0. The van der Waals surface area contributed by atoms with E-state index in [4.69, 9.17) is 0 Å². The van der Waals surface area contributed by atoms with Crippen LogP contribution in [0, 0.1) is 18.3 Å². The Labute approximate surface area is 114 Å². The molecule has 0 saturated heterocycles. The number of hydrogen-bond acceptors (Lipinski definition) is 2. The summed E-state index contributed by atoms with van der Waals surface area (Å²) in [5.74, 6) is 0.246. The van der Waals surface area contributed by atoms with Crippen LogP contribution in [0.15, 0.2) is 30.5 Å². The Hall–Kier alpha value is -2.08. The molecule has 2 rings (SSSR count). The fourth-order valence-corrected chi connectivity index (χ4v) is 2.55. The molecular formula is C16H19N3. The predicted octanol–water partition coefficient (Wildman–Crippen LogP) is 3.63. The molecule has 98 valence electrons. The number of hydrogen-bond donors (Lipinski definition) is 0. The number of rotatable bonds is 4. The molecular weight excluding hydrogens is 234 g/mol. The molecule has 19 heavy (non-hydrogen) atoms. The maximum Gasteiger partial charge on any atom is 0.0994 e. The smallest absolute Gasteiger partial charge is 0.0994 e. The average molecular weight is 253 g/mol. The van der Waals surface area contributed by atoms with Gasteiger partial charge in [-0.05, 0) is 31.9 Å². The molecule has 1 atom stereocenters. The zero-order chi connectivity index (χ0) is 13.8. The van der Waals surface area contributed by atoms with Crippen LogP contribution in [0.25, 0.3) is 0 Å². The molecule has 0 aliphatic carbocycles. The van der Waals surface area contributed by atoms with Crippen molar-refractivity contribution in [2.75, 3.05) is 0 Å². The molecule has 1 heterocycles. The van der Waals surface area contributed by atoms with Gasteiger partial charge < -0.3 is 0 Å². The van der Waals surface area contributed by atoms with E-state index in [-0.39, 0.29) is 5.92 Å². The van der Waals surface area contributed by atoms with Crippen molar-refractivity contribution in [3.63, 3.8) is 0 Å². The van der Waals surface area contributed by atoms with E-state index >= 15 is 0 Å². The van der Waals surface area contributed by atoms with Crippen LogP contribution in [0.1, 0.15) is 48.6 Å². The lowest BCUT2D eigenvalue weighted by Gasteiger charge is -2.16. The number of benzene rings is 1. The Morgan fingerprint density at radius 3 is 2.58 bits per heavy atom. The van der Waals surface area contributed by atoms with Crippen molar-refractivity contribution in [1.29, 1.82) is 5.26 Å². The summed E-state index contributed by atoms with van der Waals surface area (Å²) in [6.45, 7) is 7.15. The molecule has 1 aromatic carbocycles. The normalized spacial score (nSPS) is 12.1. The van der Waals surface area contributed by atoms with Crippen LogP contribution in [-0.4, -0.2) is 9.78 Å². The van der Waals surface area contributed by atoms with Gasteiger partial charge in [0.25, 0.3) is 0 Å². The Balaban J connectivity index is 2.50. The van der Waals surface area contributed by atoms with Gasteiger partial charge in [-0.25, -0.2) is 0 Å². The summed E-state index contributed by atoms with van der Waals surface area (Å²) in [4.78, 5) is 0. The predicted molar refractivity (Wildman–Crippen MR) is 75.9 cm³/mol. The summed E-state index contributed by atoms with van der Waals surface area (Å²) in [5.41, 5.74) is 4.15. The third-order valence-corrected chi connectivity index (χ3v) is 3.55. The van der Waals surface area contributed by atoms with Gasteiger partial charge in [0.2, 0.25) is 0 Å². The molecule has 0 radical (unpaired) electrons. The first-order valence-electron chi connectivity index (χ1n) is 6.74. The SMILES string of the molecule is CC[C@H](c1ccccc1C#N)c1cn(CC)nc1C. The van der Waals surface area contributed by atoms with Crippen molar-refractivity contribution in [3.05, 3.63) is 52.8 Å². The Morgan fingerprint density at radius 2 is 2.00 bits per heavy atom. The third kappa shape index (κ3) is 2.53. The molecule has 0 unspecified atom stereocenters. The van der Waals surface area contributed by atoms with Gasteiger partial charge >= 0.3 is 0 Å². The van der Waals surface area contributed by atoms with Crippen molar-refractivity contribution in [2.24, 2.45) is 0 Å². The van der Waals surface area contributed by atoms with Gasteiger partial charge in [-0.1, -0.05) is 25.1 Å². The fourth-order valence-electron chi connectivity index (χ4n) is 2.55. The molecule has 0 fully saturated rings. The van der Waals surface area contributed by atoms with Crippen molar-refractivity contribution < 1.29 is 0 Å². The number of nitrogens with zero attached hydrogens (tertiary/aromatic N) is 3. The number of nitriles is 1. The molecule has 0 saturated carbocycles. The fraction of sp³-hybridized carbons (Fsp3) is 0.375. The number of aryl methyl sites for hydroxylation is 2. The minimum Gasteiger partial charge on any atom is -0.272 e. The van der Waals surface area contributed by atoms with Crippen LogP contribution < -0.4 is 0 Å². The topological polar surface area (TPSA) is 41.6 Å². The van der Waals surface area contributed by atoms with E-state index in [0.29, 0.717) is 0 Å². The van der Waals surface area contributed by atoms with Crippen LogP contribution in [0.2, 0.25) is 0 Å². The molecule has 2 aromatic rings. The molecule has 0 spiro atoms. The maximum absolute atomic E-state index is 9.26. The van der Waals surface area contributed by atoms with Crippen molar-refractivity contribution in [3.8, 4) is 6.07 Å². The molecule has 0 N–H and O–H groups in total. The van der Waals surface area contributed by atoms with E-state index < -0.39 is 0 Å². The first-order chi connectivity index (χ1) is 9.21. The monoisotopic (exact) mass is 253 g/mol. The lowest BCUT2D eigenvalue weighted by molar-refractivity contribution is 0.652. The highest BCUT2D eigenvalue weighted by atomic mass is 15.3. The first kappa shape index (κ1) is 13.4. The minimum absolute atomic E-state index is 0.246. The van der Waals surface area contributed by atoms with Gasteiger partial charge in [-0.2, -0.15) is 10.4 Å². The van der Waals surface area contributed by atoms with E-state index in [1.54, 1.807) is 0 Å². The van der Waals surface area contributed by atoms with E-state index in [0.717, 1.165) is 29.8 Å². The second-order valence-corrected chi connectivity index (χ2v) is 4.69. The van der Waals surface area contributed by atoms with E-state index in [1.165, 1.54) is 5.56 Å². The second-order valence-electron chi connectivity index (χ2n) is 4.69. The van der Waals surface area contributed by atoms with Gasteiger partial charge in [0.05, 0.1) is 17.3 Å². The summed E-state index contributed by atoms with van der Waals surface area (Å²) >= 11 is 0. The quantitative estimate of drug-likeness (QED) is 0.835. The van der Waals surface area contributed by atoms with Crippen LogP contribution >= 0.6 is 0 Å². The van der Waals surface area contributed by atoms with Crippen LogP contribution in [0.5, 0.6) is 0 Å². The second kappa shape index (κ2) is 5.71. The molecule has 1 aromatic heterocycles. The summed E-state index contributed by atoms with van der Waals surface area (Å²) < 4.78 is 1.96. The van der Waals surface area contributed by atoms with Gasteiger partial charge in [0.15, 0.2) is 0 Å². The van der Waals surface area contributed by atoms with Gasteiger partial charge in [-0.15, -0.1) is 0 Å². The lowest BCUT2D eigenvalue weighted by Crippen LogP contribution is -2.03. The van der Waals surface area contributed by atoms with E-state index in [1.807, 2.05) is 29.8 Å². The zero-order valence-electron chi connectivity index (χ0n) is 11.7. The Kier molecular flexibility index (Phi) is 4.01. The summed E-state index contributed by atoms with van der Waals surface area (Å²) in [6, 6.07) is 10.1. The van der Waals surface area contributed by atoms with E-state index in [9.17, 15) is 5.26 Å². The van der Waals surface area contributed by atoms with Crippen LogP contribution in [-0.2, 0) is 6.54 Å². The van der Waals surface area contributed by atoms with Crippen LogP contribution in [0.3, 0.4) is 0 Å². The molecule has 3 nitrogen and oxygen atoms in total. The van der Waals surface area contributed by atoms with Gasteiger partial charge in [-0.3, -0.25) is 4.68 Å². The largest absolute Gasteiger partial charge is 0.272 e. The molecule has 0 aliphatic heterocycles. The standard InChI is InChI=1S/C16H19N3/c1-4-14(15-9-7-6-8-13(15)10-17)16-11-19(5-2)18-12(16)3/h6-9,11,14H,4-5H2,1-3H3/t14-/m1/s1. The lowest BCUT2D eigenvalue weighted by atomic mass is 9.87. The van der Waals surface area contributed by atoms with Gasteiger partial charge in [0.1, 0.15) is 0 Å². The van der Waals surface area contributed by atoms with Crippen LogP contribution in [0.4, 0.5) is 0 Å². The Bertz CT molecular complexity index is 605. The number of aromatic nitrogens is 2. The minimum atomic E-state index is 0.246. The maximum atomic E-state index is 9.26. The third-order valence-electron chi connectivity index (χ3n) is 3.55. The van der Waals surface area contributed by atoms with Crippen molar-refractivity contribution in [2.45, 2.75) is 39.7 Å². The highest BCUT2D eigenvalue weighted by Crippen LogP contribution is 2.31. The van der Waals surface area contributed by atoms with Gasteiger partial charge in [0, 0.05) is 24.2 Å². The molecule has 3 heteroatoms. The molecule has 0 amide bonds. The summed E-state index contributed by atoms with van der Waals surface area (Å²) in [6.07, 6.45) is 3.08. The zero-order valence-corrected chi connectivity index (χ0v) is 11.7. The van der Waals surface area contributed by atoms with E-state index in [2.05, 4.69) is 37.3 Å². The highest BCUT2D eigenvalue weighted by Gasteiger charge is 2.19. The molecule has 0 aliphatic rings.